The van der Waals surface area contributed by atoms with Gasteiger partial charge in [-0.1, -0.05) is 18.2 Å². The first-order chi connectivity index (χ1) is 11.2. The molecule has 0 unspecified atom stereocenters. The van der Waals surface area contributed by atoms with Crippen LogP contribution in [0.4, 0.5) is 4.39 Å². The first kappa shape index (κ1) is 14.9. The standard InChI is InChI=1S/C18H14FNO3/c1-2-21-16-9-18-17(22-11-23-18)8-12(16)7-13(10-20)14-5-3-4-6-15(14)19/h3-9H,2,11H2,1H3. The van der Waals surface area contributed by atoms with E-state index in [0.717, 1.165) is 0 Å². The summed E-state index contributed by atoms with van der Waals surface area (Å²) < 4.78 is 30.2. The quantitative estimate of drug-likeness (QED) is 0.632. The van der Waals surface area contributed by atoms with Crippen LogP contribution in [0.2, 0.25) is 0 Å². The molecule has 5 heteroatoms. The van der Waals surface area contributed by atoms with Crippen molar-refractivity contribution in [1.82, 2.24) is 0 Å². The van der Waals surface area contributed by atoms with Gasteiger partial charge in [0, 0.05) is 17.2 Å². The minimum absolute atomic E-state index is 0.145. The smallest absolute Gasteiger partial charge is 0.231 e. The van der Waals surface area contributed by atoms with E-state index < -0.39 is 5.82 Å². The van der Waals surface area contributed by atoms with Crippen LogP contribution in [0.1, 0.15) is 18.1 Å². The van der Waals surface area contributed by atoms with E-state index in [1.54, 1.807) is 36.4 Å². The highest BCUT2D eigenvalue weighted by Crippen LogP contribution is 2.39. The summed E-state index contributed by atoms with van der Waals surface area (Å²) in [6.07, 6.45) is 1.59. The Morgan fingerprint density at radius 1 is 1.30 bits per heavy atom. The van der Waals surface area contributed by atoms with Gasteiger partial charge in [0.2, 0.25) is 6.79 Å². The van der Waals surface area contributed by atoms with Crippen molar-refractivity contribution in [2.24, 2.45) is 0 Å². The van der Waals surface area contributed by atoms with Gasteiger partial charge in [-0.05, 0) is 25.1 Å². The molecule has 0 aromatic heterocycles. The SMILES string of the molecule is CCOc1cc2c(cc1C=C(C#N)c1ccccc1F)OCO2. The van der Waals surface area contributed by atoms with Crippen LogP contribution in [0.15, 0.2) is 36.4 Å². The van der Waals surface area contributed by atoms with Crippen LogP contribution in [0.25, 0.3) is 11.6 Å². The summed E-state index contributed by atoms with van der Waals surface area (Å²) in [4.78, 5) is 0. The zero-order chi connectivity index (χ0) is 16.2. The van der Waals surface area contributed by atoms with Crippen LogP contribution in [-0.4, -0.2) is 13.4 Å². The molecule has 4 nitrogen and oxygen atoms in total. The third-order valence-electron chi connectivity index (χ3n) is 3.39. The first-order valence-corrected chi connectivity index (χ1v) is 7.16. The van der Waals surface area contributed by atoms with Crippen molar-refractivity contribution in [2.75, 3.05) is 13.4 Å². The molecule has 0 aliphatic carbocycles. The van der Waals surface area contributed by atoms with Crippen molar-refractivity contribution in [1.29, 1.82) is 5.26 Å². The lowest BCUT2D eigenvalue weighted by atomic mass is 10.0. The van der Waals surface area contributed by atoms with Gasteiger partial charge in [0.05, 0.1) is 18.2 Å². The van der Waals surface area contributed by atoms with Gasteiger partial charge in [0.25, 0.3) is 0 Å². The van der Waals surface area contributed by atoms with Crippen LogP contribution in [-0.2, 0) is 0 Å². The molecule has 1 aliphatic rings. The summed E-state index contributed by atoms with van der Waals surface area (Å²) in [6.45, 7) is 2.47. The van der Waals surface area contributed by atoms with Crippen molar-refractivity contribution in [3.63, 3.8) is 0 Å². The Balaban J connectivity index is 2.10. The van der Waals surface area contributed by atoms with Gasteiger partial charge in [-0.2, -0.15) is 5.26 Å². The van der Waals surface area contributed by atoms with Crippen LogP contribution in [0, 0.1) is 17.1 Å². The van der Waals surface area contributed by atoms with Gasteiger partial charge in [0.1, 0.15) is 11.6 Å². The van der Waals surface area contributed by atoms with Gasteiger partial charge >= 0.3 is 0 Å². The molecular formula is C18H14FNO3. The highest BCUT2D eigenvalue weighted by atomic mass is 19.1. The number of hydrogen-bond acceptors (Lipinski definition) is 4. The maximum Gasteiger partial charge on any atom is 0.231 e. The average Bonchev–Trinajstić information content (AvgIpc) is 3.01. The highest BCUT2D eigenvalue weighted by Gasteiger charge is 2.18. The van der Waals surface area contributed by atoms with Crippen molar-refractivity contribution < 1.29 is 18.6 Å². The van der Waals surface area contributed by atoms with E-state index >= 15 is 0 Å². The zero-order valence-electron chi connectivity index (χ0n) is 12.5. The minimum atomic E-state index is -0.445. The lowest BCUT2D eigenvalue weighted by Crippen LogP contribution is -1.95. The van der Waals surface area contributed by atoms with E-state index in [9.17, 15) is 9.65 Å². The molecule has 0 amide bonds. The number of ether oxygens (including phenoxy) is 3. The molecule has 0 atom stereocenters. The van der Waals surface area contributed by atoms with E-state index in [2.05, 4.69) is 0 Å². The first-order valence-electron chi connectivity index (χ1n) is 7.16. The van der Waals surface area contributed by atoms with E-state index in [-0.39, 0.29) is 17.9 Å². The largest absolute Gasteiger partial charge is 0.493 e. The number of allylic oxidation sites excluding steroid dienone is 1. The molecule has 3 rings (SSSR count). The number of benzene rings is 2. The second-order valence-electron chi connectivity index (χ2n) is 4.83. The van der Waals surface area contributed by atoms with Crippen molar-refractivity contribution in [3.8, 4) is 23.3 Å². The Morgan fingerprint density at radius 3 is 2.74 bits per heavy atom. The molecular weight excluding hydrogens is 297 g/mol. The Kier molecular flexibility index (Phi) is 4.15. The highest BCUT2D eigenvalue weighted by molar-refractivity contribution is 5.91. The van der Waals surface area contributed by atoms with Crippen LogP contribution >= 0.6 is 0 Å². The lowest BCUT2D eigenvalue weighted by molar-refractivity contribution is 0.174. The molecule has 116 valence electrons. The Hall–Kier alpha value is -3.00. The number of nitriles is 1. The fraction of sp³-hybridized carbons (Fsp3) is 0.167. The normalized spacial score (nSPS) is 12.8. The van der Waals surface area contributed by atoms with Crippen molar-refractivity contribution in [2.45, 2.75) is 6.92 Å². The van der Waals surface area contributed by atoms with Gasteiger partial charge in [-0.25, -0.2) is 4.39 Å². The minimum Gasteiger partial charge on any atom is -0.493 e. The molecule has 0 spiro atoms. The third-order valence-corrected chi connectivity index (χ3v) is 3.39. The molecule has 2 aromatic carbocycles. The lowest BCUT2D eigenvalue weighted by Gasteiger charge is -2.09. The monoisotopic (exact) mass is 311 g/mol. The number of nitrogens with zero attached hydrogens (tertiary/aromatic N) is 1. The number of rotatable bonds is 4. The second kappa shape index (κ2) is 6.41. The number of fused-ring (bicyclic) bond motifs is 1. The van der Waals surface area contributed by atoms with Crippen molar-refractivity contribution >= 4 is 11.6 Å². The maximum absolute atomic E-state index is 13.9. The molecule has 1 heterocycles. The Labute approximate surface area is 133 Å². The fourth-order valence-corrected chi connectivity index (χ4v) is 2.34. The van der Waals surface area contributed by atoms with Crippen LogP contribution in [0.5, 0.6) is 17.2 Å². The predicted molar refractivity (Wildman–Crippen MR) is 83.6 cm³/mol. The summed E-state index contributed by atoms with van der Waals surface area (Å²) in [5.41, 5.74) is 1.09. The summed E-state index contributed by atoms with van der Waals surface area (Å²) in [5.74, 6) is 1.28. The van der Waals surface area contributed by atoms with E-state index in [1.165, 1.54) is 6.07 Å². The van der Waals surface area contributed by atoms with E-state index in [1.807, 2.05) is 13.0 Å². The van der Waals surface area contributed by atoms with Gasteiger partial charge in [0.15, 0.2) is 11.5 Å². The molecule has 0 N–H and O–H groups in total. The van der Waals surface area contributed by atoms with Gasteiger partial charge in [-0.15, -0.1) is 0 Å². The number of halogens is 1. The van der Waals surface area contributed by atoms with Crippen LogP contribution < -0.4 is 14.2 Å². The zero-order valence-corrected chi connectivity index (χ0v) is 12.5. The molecule has 0 saturated heterocycles. The second-order valence-corrected chi connectivity index (χ2v) is 4.83. The topological polar surface area (TPSA) is 51.5 Å². The summed E-state index contributed by atoms with van der Waals surface area (Å²) in [6, 6.07) is 11.6. The van der Waals surface area contributed by atoms with Crippen LogP contribution in [0.3, 0.4) is 0 Å². The summed E-state index contributed by atoms with van der Waals surface area (Å²) >= 11 is 0. The average molecular weight is 311 g/mol. The molecule has 2 aromatic rings. The molecule has 0 bridgehead atoms. The van der Waals surface area contributed by atoms with Crippen molar-refractivity contribution in [3.05, 3.63) is 53.3 Å². The van der Waals surface area contributed by atoms with Gasteiger partial charge in [-0.3, -0.25) is 0 Å². The molecule has 0 saturated carbocycles. The van der Waals surface area contributed by atoms with Gasteiger partial charge < -0.3 is 14.2 Å². The Morgan fingerprint density at radius 2 is 2.04 bits per heavy atom. The number of hydrogen-bond donors (Lipinski definition) is 0. The fourth-order valence-electron chi connectivity index (χ4n) is 2.34. The summed E-state index contributed by atoms with van der Waals surface area (Å²) in [5, 5.41) is 9.40. The molecule has 1 aliphatic heterocycles. The maximum atomic E-state index is 13.9. The van der Waals surface area contributed by atoms with E-state index in [0.29, 0.717) is 29.4 Å². The third kappa shape index (κ3) is 2.97. The predicted octanol–water partition coefficient (Wildman–Crippen LogP) is 4.02. The molecule has 0 radical (unpaired) electrons. The van der Waals surface area contributed by atoms with E-state index in [4.69, 9.17) is 14.2 Å². The molecule has 0 fully saturated rings. The molecule has 23 heavy (non-hydrogen) atoms. The Bertz CT molecular complexity index is 808. The summed E-state index contributed by atoms with van der Waals surface area (Å²) in [7, 11) is 0.